The maximum Gasteiger partial charge on any atom is 0.0290 e. The van der Waals surface area contributed by atoms with E-state index in [1.54, 1.807) is 0 Å². The van der Waals surface area contributed by atoms with E-state index in [4.69, 9.17) is 11.5 Å². The van der Waals surface area contributed by atoms with E-state index in [0.717, 1.165) is 13.1 Å². The molecule has 1 aromatic carbocycles. The zero-order valence-electron chi connectivity index (χ0n) is 10.6. The Labute approximate surface area is 108 Å². The molecule has 0 bridgehead atoms. The van der Waals surface area contributed by atoms with Crippen LogP contribution in [-0.2, 0) is 6.54 Å². The van der Waals surface area contributed by atoms with Crippen molar-refractivity contribution in [3.63, 3.8) is 0 Å². The number of benzene rings is 1. The molecule has 0 aliphatic heterocycles. The highest BCUT2D eigenvalue weighted by Crippen LogP contribution is 2.22. The molecule has 0 saturated heterocycles. The van der Waals surface area contributed by atoms with Crippen LogP contribution < -0.4 is 16.8 Å². The second-order valence-corrected chi connectivity index (χ2v) is 6.09. The van der Waals surface area contributed by atoms with E-state index >= 15 is 0 Å². The Kier molecular flexibility index (Phi) is 6.58. The van der Waals surface area contributed by atoms with Gasteiger partial charge in [0.1, 0.15) is 0 Å². The Bertz CT molecular complexity index is 311. The van der Waals surface area contributed by atoms with Crippen LogP contribution in [0.15, 0.2) is 29.2 Å². The third-order valence-corrected chi connectivity index (χ3v) is 3.35. The topological polar surface area (TPSA) is 64.1 Å². The highest BCUT2D eigenvalue weighted by Gasteiger charge is 2.00. The Morgan fingerprint density at radius 3 is 2.41 bits per heavy atom. The Balaban J connectivity index is 2.35. The van der Waals surface area contributed by atoms with Crippen LogP contribution in [0.4, 0.5) is 0 Å². The smallest absolute Gasteiger partial charge is 0.0290 e. The van der Waals surface area contributed by atoms with Gasteiger partial charge >= 0.3 is 0 Å². The number of hydrogen-bond acceptors (Lipinski definition) is 4. The van der Waals surface area contributed by atoms with Gasteiger partial charge < -0.3 is 16.8 Å². The van der Waals surface area contributed by atoms with Crippen LogP contribution in [-0.4, -0.2) is 24.4 Å². The molecule has 0 heterocycles. The first-order valence-corrected chi connectivity index (χ1v) is 6.91. The number of rotatable bonds is 7. The molecule has 96 valence electrons. The number of thioether (sulfide) groups is 1. The Hall–Kier alpha value is -0.550. The van der Waals surface area contributed by atoms with E-state index in [0.29, 0.717) is 11.8 Å². The highest BCUT2D eigenvalue weighted by atomic mass is 32.2. The van der Waals surface area contributed by atoms with Crippen LogP contribution in [0.2, 0.25) is 0 Å². The molecule has 5 N–H and O–H groups in total. The Morgan fingerprint density at radius 2 is 1.88 bits per heavy atom. The van der Waals surface area contributed by atoms with Crippen molar-refractivity contribution in [2.24, 2.45) is 11.5 Å². The van der Waals surface area contributed by atoms with E-state index in [-0.39, 0.29) is 6.04 Å². The van der Waals surface area contributed by atoms with Gasteiger partial charge in [-0.3, -0.25) is 0 Å². The maximum atomic E-state index is 5.73. The molecular weight excluding hydrogens is 230 g/mol. The van der Waals surface area contributed by atoms with E-state index in [9.17, 15) is 0 Å². The van der Waals surface area contributed by atoms with Crippen molar-refractivity contribution in [3.05, 3.63) is 29.8 Å². The Morgan fingerprint density at radius 1 is 1.24 bits per heavy atom. The third kappa shape index (κ3) is 6.07. The zero-order chi connectivity index (χ0) is 12.7. The first kappa shape index (κ1) is 14.5. The van der Waals surface area contributed by atoms with Gasteiger partial charge in [0.2, 0.25) is 0 Å². The van der Waals surface area contributed by atoms with Gasteiger partial charge in [-0.05, 0) is 17.7 Å². The van der Waals surface area contributed by atoms with Crippen molar-refractivity contribution in [1.82, 2.24) is 5.32 Å². The van der Waals surface area contributed by atoms with Gasteiger partial charge in [-0.15, -0.1) is 11.8 Å². The van der Waals surface area contributed by atoms with Crippen LogP contribution in [0, 0.1) is 0 Å². The van der Waals surface area contributed by atoms with Crippen LogP contribution in [0.25, 0.3) is 0 Å². The van der Waals surface area contributed by atoms with Crippen molar-refractivity contribution in [3.8, 4) is 0 Å². The molecule has 0 aromatic heterocycles. The van der Waals surface area contributed by atoms with E-state index < -0.39 is 0 Å². The summed E-state index contributed by atoms with van der Waals surface area (Å²) in [6.45, 7) is 6.54. The molecule has 3 nitrogen and oxygen atoms in total. The van der Waals surface area contributed by atoms with Gasteiger partial charge in [-0.25, -0.2) is 0 Å². The number of nitrogens with two attached hydrogens (primary N) is 2. The van der Waals surface area contributed by atoms with E-state index in [2.05, 4.69) is 43.4 Å². The second kappa shape index (κ2) is 7.71. The normalized spacial score (nSPS) is 13.0. The van der Waals surface area contributed by atoms with Crippen LogP contribution in [0.1, 0.15) is 19.4 Å². The highest BCUT2D eigenvalue weighted by molar-refractivity contribution is 7.99. The van der Waals surface area contributed by atoms with Crippen molar-refractivity contribution in [2.45, 2.75) is 36.6 Å². The molecule has 1 rings (SSSR count). The summed E-state index contributed by atoms with van der Waals surface area (Å²) in [6, 6.07) is 8.71. The molecule has 0 aliphatic rings. The molecule has 0 amide bonds. The fourth-order valence-corrected chi connectivity index (χ4v) is 2.28. The molecule has 1 aromatic rings. The lowest BCUT2D eigenvalue weighted by atomic mass is 10.2. The minimum atomic E-state index is 0.0470. The fraction of sp³-hybridized carbons (Fsp3) is 0.538. The first-order valence-electron chi connectivity index (χ1n) is 6.03. The molecule has 0 radical (unpaired) electrons. The minimum absolute atomic E-state index is 0.0470. The number of hydrogen-bond donors (Lipinski definition) is 3. The van der Waals surface area contributed by atoms with Crippen molar-refractivity contribution >= 4 is 11.8 Å². The second-order valence-electron chi connectivity index (χ2n) is 4.44. The molecule has 0 fully saturated rings. The number of nitrogens with one attached hydrogen (secondary N) is 1. The largest absolute Gasteiger partial charge is 0.329 e. The molecule has 1 atom stereocenters. The standard InChI is InChI=1S/C13H23N3S/c1-10(2)17-13-5-3-11(4-6-13)8-16-9-12(15)7-14/h3-6,10,12,16H,7-9,14-15H2,1-2H3. The van der Waals surface area contributed by atoms with Gasteiger partial charge in [0.15, 0.2) is 0 Å². The van der Waals surface area contributed by atoms with Crippen LogP contribution in [0.5, 0.6) is 0 Å². The van der Waals surface area contributed by atoms with Crippen LogP contribution >= 0.6 is 11.8 Å². The summed E-state index contributed by atoms with van der Waals surface area (Å²) >= 11 is 1.88. The molecule has 0 spiro atoms. The van der Waals surface area contributed by atoms with E-state index in [1.165, 1.54) is 10.5 Å². The zero-order valence-corrected chi connectivity index (χ0v) is 11.5. The molecule has 0 saturated carbocycles. The first-order chi connectivity index (χ1) is 8.11. The summed E-state index contributed by atoms with van der Waals surface area (Å²) in [6.07, 6.45) is 0. The lowest BCUT2D eigenvalue weighted by molar-refractivity contribution is 0.582. The van der Waals surface area contributed by atoms with Crippen LogP contribution in [0.3, 0.4) is 0 Å². The third-order valence-electron chi connectivity index (χ3n) is 2.33. The van der Waals surface area contributed by atoms with Gasteiger partial charge in [0, 0.05) is 35.8 Å². The van der Waals surface area contributed by atoms with Crippen molar-refractivity contribution < 1.29 is 0 Å². The average molecular weight is 253 g/mol. The minimum Gasteiger partial charge on any atom is -0.329 e. The SMILES string of the molecule is CC(C)Sc1ccc(CNCC(N)CN)cc1. The average Bonchev–Trinajstić information content (AvgIpc) is 2.30. The van der Waals surface area contributed by atoms with Gasteiger partial charge in [0.25, 0.3) is 0 Å². The predicted octanol–water partition coefficient (Wildman–Crippen LogP) is 1.56. The predicted molar refractivity (Wildman–Crippen MR) is 76.2 cm³/mol. The molecule has 4 heteroatoms. The summed E-state index contributed by atoms with van der Waals surface area (Å²) in [4.78, 5) is 1.32. The summed E-state index contributed by atoms with van der Waals surface area (Å²) < 4.78 is 0. The van der Waals surface area contributed by atoms with Crippen molar-refractivity contribution in [2.75, 3.05) is 13.1 Å². The quantitative estimate of drug-likeness (QED) is 0.645. The van der Waals surface area contributed by atoms with E-state index in [1.807, 2.05) is 11.8 Å². The summed E-state index contributed by atoms with van der Waals surface area (Å²) in [5, 5.41) is 3.93. The summed E-state index contributed by atoms with van der Waals surface area (Å²) in [5.74, 6) is 0. The maximum absolute atomic E-state index is 5.73. The lowest BCUT2D eigenvalue weighted by Gasteiger charge is -2.10. The lowest BCUT2D eigenvalue weighted by Crippen LogP contribution is -2.39. The van der Waals surface area contributed by atoms with Crippen molar-refractivity contribution in [1.29, 1.82) is 0 Å². The molecular formula is C13H23N3S. The van der Waals surface area contributed by atoms with Gasteiger partial charge in [-0.2, -0.15) is 0 Å². The summed E-state index contributed by atoms with van der Waals surface area (Å²) in [5.41, 5.74) is 12.5. The molecule has 0 aliphatic carbocycles. The van der Waals surface area contributed by atoms with Gasteiger partial charge in [0.05, 0.1) is 0 Å². The summed E-state index contributed by atoms with van der Waals surface area (Å²) in [7, 11) is 0. The fourth-order valence-electron chi connectivity index (χ4n) is 1.44. The molecule has 1 unspecified atom stereocenters. The molecule has 17 heavy (non-hydrogen) atoms. The van der Waals surface area contributed by atoms with Gasteiger partial charge in [-0.1, -0.05) is 26.0 Å². The monoisotopic (exact) mass is 253 g/mol.